The summed E-state index contributed by atoms with van der Waals surface area (Å²) in [4.78, 5) is 23.0. The van der Waals surface area contributed by atoms with Crippen LogP contribution in [0.5, 0.6) is 0 Å². The van der Waals surface area contributed by atoms with Crippen LogP contribution in [0.1, 0.15) is 41.5 Å². The Morgan fingerprint density at radius 2 is 1.73 bits per heavy atom. The van der Waals surface area contributed by atoms with Gasteiger partial charge < -0.3 is 19.9 Å². The number of amides is 1. The quantitative estimate of drug-likeness (QED) is 0.510. The lowest BCUT2D eigenvalue weighted by Crippen LogP contribution is -2.57. The monoisotopic (exact) mass is 445 g/mol. The van der Waals surface area contributed by atoms with Crippen molar-refractivity contribution in [3.8, 4) is 0 Å². The topological polar surface area (TPSA) is 94.6 Å². The molecule has 0 aliphatic carbocycles. The van der Waals surface area contributed by atoms with Gasteiger partial charge in [0.15, 0.2) is 15.8 Å². The SMILES string of the molecule is CCNC(=NCCN1CCN(C(=O)OC(C)(C)C)CC1)N1CCS(=O)(=O)C(C)(C)C1. The highest BCUT2D eigenvalue weighted by atomic mass is 32.2. The average molecular weight is 446 g/mol. The molecule has 9 nitrogen and oxygen atoms in total. The number of nitrogens with one attached hydrogen (secondary N) is 1. The minimum atomic E-state index is -3.08. The Labute approximate surface area is 181 Å². The van der Waals surface area contributed by atoms with E-state index in [2.05, 4.69) is 10.2 Å². The number of carbonyl (C=O) groups is 1. The van der Waals surface area contributed by atoms with Gasteiger partial charge in [0.25, 0.3) is 0 Å². The number of hydrogen-bond donors (Lipinski definition) is 1. The predicted octanol–water partition coefficient (Wildman–Crippen LogP) is 1.01. The maximum absolute atomic E-state index is 12.3. The number of rotatable bonds is 4. The highest BCUT2D eigenvalue weighted by Gasteiger charge is 2.41. The lowest BCUT2D eigenvalue weighted by atomic mass is 10.2. The van der Waals surface area contributed by atoms with E-state index in [9.17, 15) is 13.2 Å². The molecule has 0 radical (unpaired) electrons. The molecule has 10 heteroatoms. The summed E-state index contributed by atoms with van der Waals surface area (Å²) >= 11 is 0. The molecule has 2 heterocycles. The number of piperazine rings is 1. The van der Waals surface area contributed by atoms with Gasteiger partial charge in [-0.2, -0.15) is 0 Å². The summed E-state index contributed by atoms with van der Waals surface area (Å²) in [6.07, 6.45) is -0.253. The normalized spacial score (nSPS) is 22.7. The lowest BCUT2D eigenvalue weighted by molar-refractivity contribution is 0.0148. The van der Waals surface area contributed by atoms with Crippen molar-refractivity contribution in [3.05, 3.63) is 0 Å². The van der Waals surface area contributed by atoms with Gasteiger partial charge in [-0.25, -0.2) is 13.2 Å². The standard InChI is InChI=1S/C20H39N5O4S/c1-7-21-17(25-14-15-30(27,28)20(5,6)16-25)22-8-9-23-10-12-24(13-11-23)18(26)29-19(2,3)4/h7-16H2,1-6H3,(H,21,22). The molecule has 0 bridgehead atoms. The molecule has 2 rings (SSSR count). The zero-order valence-electron chi connectivity index (χ0n) is 19.4. The molecule has 2 fully saturated rings. The van der Waals surface area contributed by atoms with Crippen molar-refractivity contribution >= 4 is 21.9 Å². The Morgan fingerprint density at radius 3 is 2.27 bits per heavy atom. The molecule has 0 spiro atoms. The Kier molecular flexibility index (Phi) is 8.01. The van der Waals surface area contributed by atoms with Crippen LogP contribution in [0, 0.1) is 0 Å². The van der Waals surface area contributed by atoms with Gasteiger partial charge in [0.05, 0.1) is 17.0 Å². The molecule has 0 saturated carbocycles. The number of carbonyl (C=O) groups excluding carboxylic acids is 1. The minimum Gasteiger partial charge on any atom is -0.444 e. The fourth-order valence-corrected chi connectivity index (χ4v) is 4.89. The van der Waals surface area contributed by atoms with Crippen LogP contribution in [-0.4, -0.2) is 110 Å². The van der Waals surface area contributed by atoms with Gasteiger partial charge in [-0.05, 0) is 41.5 Å². The molecular formula is C20H39N5O4S. The highest BCUT2D eigenvalue weighted by molar-refractivity contribution is 7.92. The van der Waals surface area contributed by atoms with Crippen molar-refractivity contribution in [1.29, 1.82) is 0 Å². The summed E-state index contributed by atoms with van der Waals surface area (Å²) in [6, 6.07) is 0. The van der Waals surface area contributed by atoms with E-state index in [0.29, 0.717) is 32.7 Å². The van der Waals surface area contributed by atoms with Gasteiger partial charge in [-0.1, -0.05) is 0 Å². The third-order valence-electron chi connectivity index (χ3n) is 5.38. The molecule has 0 atom stereocenters. The molecule has 1 amide bonds. The van der Waals surface area contributed by atoms with E-state index < -0.39 is 20.2 Å². The first-order valence-electron chi connectivity index (χ1n) is 10.8. The molecule has 0 aromatic rings. The van der Waals surface area contributed by atoms with Crippen molar-refractivity contribution in [1.82, 2.24) is 20.0 Å². The maximum atomic E-state index is 12.3. The molecule has 2 saturated heterocycles. The zero-order chi connectivity index (χ0) is 22.6. The highest BCUT2D eigenvalue weighted by Crippen LogP contribution is 2.23. The second kappa shape index (κ2) is 9.72. The number of hydrogen-bond acceptors (Lipinski definition) is 6. The summed E-state index contributed by atoms with van der Waals surface area (Å²) in [6.45, 7) is 17.1. The largest absolute Gasteiger partial charge is 0.444 e. The van der Waals surface area contributed by atoms with Gasteiger partial charge in [0.2, 0.25) is 0 Å². The van der Waals surface area contributed by atoms with Crippen LogP contribution >= 0.6 is 0 Å². The number of sulfone groups is 1. The van der Waals surface area contributed by atoms with E-state index in [1.54, 1.807) is 18.7 Å². The van der Waals surface area contributed by atoms with Crippen LogP contribution < -0.4 is 5.32 Å². The summed E-state index contributed by atoms with van der Waals surface area (Å²) in [5.74, 6) is 0.921. The molecule has 0 aromatic carbocycles. The van der Waals surface area contributed by atoms with Crippen LogP contribution in [0.15, 0.2) is 4.99 Å². The van der Waals surface area contributed by atoms with E-state index in [0.717, 1.165) is 32.1 Å². The van der Waals surface area contributed by atoms with Gasteiger partial charge in [-0.15, -0.1) is 0 Å². The Hall–Kier alpha value is -1.55. The molecule has 174 valence electrons. The first kappa shape index (κ1) is 24.7. The summed E-state index contributed by atoms with van der Waals surface area (Å²) < 4.78 is 29.2. The van der Waals surface area contributed by atoms with E-state index >= 15 is 0 Å². The van der Waals surface area contributed by atoms with Gasteiger partial charge in [-0.3, -0.25) is 9.89 Å². The van der Waals surface area contributed by atoms with Crippen molar-refractivity contribution in [2.24, 2.45) is 4.99 Å². The van der Waals surface area contributed by atoms with Crippen molar-refractivity contribution in [3.63, 3.8) is 0 Å². The number of aliphatic imine (C=N–C) groups is 1. The molecule has 0 unspecified atom stereocenters. The molecule has 2 aliphatic heterocycles. The van der Waals surface area contributed by atoms with E-state index in [-0.39, 0.29) is 11.8 Å². The Morgan fingerprint density at radius 1 is 1.10 bits per heavy atom. The molecular weight excluding hydrogens is 406 g/mol. The first-order valence-corrected chi connectivity index (χ1v) is 12.5. The smallest absolute Gasteiger partial charge is 0.410 e. The molecule has 2 aliphatic rings. The maximum Gasteiger partial charge on any atom is 0.410 e. The van der Waals surface area contributed by atoms with E-state index in [1.165, 1.54) is 0 Å². The Bertz CT molecular complexity index is 722. The fraction of sp³-hybridized carbons (Fsp3) is 0.900. The average Bonchev–Trinajstić information content (AvgIpc) is 2.62. The number of nitrogens with zero attached hydrogens (tertiary/aromatic N) is 4. The van der Waals surface area contributed by atoms with Gasteiger partial charge in [0.1, 0.15) is 5.60 Å². The second-order valence-corrected chi connectivity index (χ2v) is 12.3. The zero-order valence-corrected chi connectivity index (χ0v) is 20.2. The summed E-state index contributed by atoms with van der Waals surface area (Å²) in [5.41, 5.74) is -0.478. The second-order valence-electron chi connectivity index (χ2n) is 9.54. The van der Waals surface area contributed by atoms with Gasteiger partial charge >= 0.3 is 6.09 Å². The predicted molar refractivity (Wildman–Crippen MR) is 120 cm³/mol. The molecule has 1 N–H and O–H groups in total. The minimum absolute atomic E-state index is 0.150. The van der Waals surface area contributed by atoms with Crippen LogP contribution in [0.4, 0.5) is 4.79 Å². The van der Waals surface area contributed by atoms with Crippen LogP contribution in [0.25, 0.3) is 0 Å². The molecule has 30 heavy (non-hydrogen) atoms. The van der Waals surface area contributed by atoms with Crippen LogP contribution in [0.2, 0.25) is 0 Å². The molecule has 0 aromatic heterocycles. The summed E-state index contributed by atoms with van der Waals surface area (Å²) in [5, 5.41) is 3.29. The summed E-state index contributed by atoms with van der Waals surface area (Å²) in [7, 11) is -3.08. The van der Waals surface area contributed by atoms with E-state index in [1.807, 2.05) is 32.6 Å². The van der Waals surface area contributed by atoms with Crippen molar-refractivity contribution < 1.29 is 17.9 Å². The van der Waals surface area contributed by atoms with Crippen molar-refractivity contribution in [2.75, 3.05) is 64.7 Å². The van der Waals surface area contributed by atoms with Crippen LogP contribution in [0.3, 0.4) is 0 Å². The number of ether oxygens (including phenoxy) is 1. The van der Waals surface area contributed by atoms with Crippen LogP contribution in [-0.2, 0) is 14.6 Å². The first-order chi connectivity index (χ1) is 13.8. The lowest BCUT2D eigenvalue weighted by Gasteiger charge is -2.39. The van der Waals surface area contributed by atoms with Gasteiger partial charge in [0, 0.05) is 52.4 Å². The van der Waals surface area contributed by atoms with Crippen molar-refractivity contribution in [2.45, 2.75) is 51.9 Å². The fourth-order valence-electron chi connectivity index (χ4n) is 3.53. The number of guanidine groups is 1. The third-order valence-corrected chi connectivity index (χ3v) is 7.91. The third kappa shape index (κ3) is 6.73. The Balaban J connectivity index is 1.85. The van der Waals surface area contributed by atoms with E-state index in [4.69, 9.17) is 9.73 Å².